The first-order valence-electron chi connectivity index (χ1n) is 4.88. The van der Waals surface area contributed by atoms with Crippen LogP contribution in [0.3, 0.4) is 0 Å². The van der Waals surface area contributed by atoms with Crippen LogP contribution in [0.5, 0.6) is 0 Å². The molecule has 0 atom stereocenters. The molecule has 1 heterocycles. The van der Waals surface area contributed by atoms with Crippen molar-refractivity contribution in [3.63, 3.8) is 0 Å². The average Bonchev–Trinajstić information content (AvgIpc) is 2.54. The third-order valence-electron chi connectivity index (χ3n) is 2.42. The van der Waals surface area contributed by atoms with E-state index in [1.807, 2.05) is 26.0 Å². The van der Waals surface area contributed by atoms with Gasteiger partial charge >= 0.3 is 0 Å². The monoisotopic (exact) mass is 196 g/mol. The summed E-state index contributed by atoms with van der Waals surface area (Å²) in [5.74, 6) is 2.50. The Hall–Kier alpha value is -1.94. The number of hydrogen-bond donors (Lipinski definition) is 0. The summed E-state index contributed by atoms with van der Waals surface area (Å²) in [7, 11) is 0. The van der Waals surface area contributed by atoms with Crippen LogP contribution in [0.15, 0.2) is 22.6 Å². The molecule has 0 amide bonds. The van der Waals surface area contributed by atoms with Gasteiger partial charge in [0.25, 0.3) is 0 Å². The summed E-state index contributed by atoms with van der Waals surface area (Å²) in [5.41, 5.74) is 2.84. The lowest BCUT2D eigenvalue weighted by atomic mass is 10.1. The molecule has 1 heteroatoms. The smallest absolute Gasteiger partial charge is 0.143 e. The molecule has 0 saturated carbocycles. The lowest BCUT2D eigenvalue weighted by Crippen LogP contribution is -2.18. The maximum absolute atomic E-state index is 5.68. The van der Waals surface area contributed by atoms with E-state index >= 15 is 0 Å². The molecule has 2 aromatic rings. The summed E-state index contributed by atoms with van der Waals surface area (Å²) in [6, 6.07) is 6.16. The summed E-state index contributed by atoms with van der Waals surface area (Å²) < 4.78 is 5.68. The van der Waals surface area contributed by atoms with Crippen LogP contribution in [-0.2, 0) is 0 Å². The predicted octanol–water partition coefficient (Wildman–Crippen LogP) is 1.96. The van der Waals surface area contributed by atoms with Gasteiger partial charge in [-0.25, -0.2) is 0 Å². The number of terminal acetylenes is 1. The van der Waals surface area contributed by atoms with Gasteiger partial charge < -0.3 is 4.42 Å². The molecule has 0 bridgehead atoms. The zero-order valence-corrected chi connectivity index (χ0v) is 8.87. The van der Waals surface area contributed by atoms with Gasteiger partial charge in [-0.15, -0.1) is 6.42 Å². The molecule has 0 fully saturated rings. The Labute approximate surface area is 88.7 Å². The van der Waals surface area contributed by atoms with Crippen LogP contribution in [0.4, 0.5) is 0 Å². The number of hydrogen-bond acceptors (Lipinski definition) is 1. The van der Waals surface area contributed by atoms with E-state index in [9.17, 15) is 0 Å². The summed E-state index contributed by atoms with van der Waals surface area (Å²) in [5, 5.41) is 2.19. The van der Waals surface area contributed by atoms with Gasteiger partial charge in [0.1, 0.15) is 11.0 Å². The van der Waals surface area contributed by atoms with Crippen LogP contribution in [0.25, 0.3) is 23.1 Å². The van der Waals surface area contributed by atoms with E-state index in [4.69, 9.17) is 10.8 Å². The first kappa shape index (κ1) is 9.61. The zero-order valence-electron chi connectivity index (χ0n) is 8.87. The SMILES string of the molecule is C#C/C=c1/oc2cc(C)ccc2/c1=C/C. The molecule has 0 N–H and O–H groups in total. The standard InChI is InChI=1S/C14H12O/c1-4-6-13-11(5-2)12-8-7-10(3)9-14(12)15-13/h1,5-9H,2-3H3/b11-5-,13-6+. The minimum Gasteiger partial charge on any atom is -0.455 e. The fourth-order valence-corrected chi connectivity index (χ4v) is 1.72. The topological polar surface area (TPSA) is 13.1 Å². The Morgan fingerprint density at radius 3 is 2.87 bits per heavy atom. The summed E-state index contributed by atoms with van der Waals surface area (Å²) in [4.78, 5) is 0. The van der Waals surface area contributed by atoms with Crippen molar-refractivity contribution in [3.8, 4) is 12.3 Å². The molecule has 0 aliphatic rings. The average molecular weight is 196 g/mol. The maximum Gasteiger partial charge on any atom is 0.143 e. The van der Waals surface area contributed by atoms with Crippen LogP contribution in [-0.4, -0.2) is 0 Å². The van der Waals surface area contributed by atoms with Crippen LogP contribution < -0.4 is 10.6 Å². The van der Waals surface area contributed by atoms with E-state index in [0.29, 0.717) is 0 Å². The van der Waals surface area contributed by atoms with Crippen molar-refractivity contribution in [2.75, 3.05) is 0 Å². The molecule has 0 aliphatic heterocycles. The van der Waals surface area contributed by atoms with Crippen molar-refractivity contribution in [1.82, 2.24) is 0 Å². The highest BCUT2D eigenvalue weighted by Crippen LogP contribution is 2.10. The number of rotatable bonds is 0. The van der Waals surface area contributed by atoms with Crippen molar-refractivity contribution >= 4 is 23.1 Å². The van der Waals surface area contributed by atoms with Gasteiger partial charge in [-0.2, -0.15) is 0 Å². The second kappa shape index (κ2) is 3.67. The minimum atomic E-state index is 0.764. The van der Waals surface area contributed by atoms with Gasteiger partial charge in [0, 0.05) is 16.7 Å². The Morgan fingerprint density at radius 2 is 2.20 bits per heavy atom. The van der Waals surface area contributed by atoms with Gasteiger partial charge in [-0.05, 0) is 25.5 Å². The van der Waals surface area contributed by atoms with Crippen molar-refractivity contribution in [2.24, 2.45) is 0 Å². The van der Waals surface area contributed by atoms with E-state index in [0.717, 1.165) is 21.6 Å². The van der Waals surface area contributed by atoms with Crippen LogP contribution in [0, 0.1) is 19.3 Å². The van der Waals surface area contributed by atoms with Crippen LogP contribution in [0.2, 0.25) is 0 Å². The Morgan fingerprint density at radius 1 is 1.40 bits per heavy atom. The molecule has 74 valence electrons. The lowest BCUT2D eigenvalue weighted by Gasteiger charge is -1.89. The van der Waals surface area contributed by atoms with Crippen molar-refractivity contribution in [1.29, 1.82) is 0 Å². The molecule has 15 heavy (non-hydrogen) atoms. The molecule has 1 aromatic carbocycles. The normalized spacial score (nSPS) is 13.4. The molecule has 1 nitrogen and oxygen atoms in total. The van der Waals surface area contributed by atoms with Crippen molar-refractivity contribution in [3.05, 3.63) is 34.4 Å². The number of aryl methyl sites for hydroxylation is 1. The quantitative estimate of drug-likeness (QED) is 0.587. The third-order valence-corrected chi connectivity index (χ3v) is 2.42. The molecular formula is C14H12O. The highest BCUT2D eigenvalue weighted by molar-refractivity contribution is 5.79. The molecule has 1 aromatic heterocycles. The van der Waals surface area contributed by atoms with Gasteiger partial charge in [0.05, 0.1) is 0 Å². The molecule has 0 aliphatic carbocycles. The first-order chi connectivity index (χ1) is 7.26. The van der Waals surface area contributed by atoms with Gasteiger partial charge in [-0.3, -0.25) is 0 Å². The number of benzene rings is 1. The Kier molecular flexibility index (Phi) is 2.35. The van der Waals surface area contributed by atoms with Gasteiger partial charge in [0.15, 0.2) is 0 Å². The fourth-order valence-electron chi connectivity index (χ4n) is 1.72. The number of furan rings is 1. The summed E-state index contributed by atoms with van der Waals surface area (Å²) in [6.45, 7) is 4.03. The third kappa shape index (κ3) is 1.55. The molecule has 0 unspecified atom stereocenters. The highest BCUT2D eigenvalue weighted by atomic mass is 16.3. The Balaban J connectivity index is 3.00. The molecular weight excluding hydrogens is 184 g/mol. The molecule has 0 spiro atoms. The lowest BCUT2D eigenvalue weighted by molar-refractivity contribution is 0.576. The largest absolute Gasteiger partial charge is 0.455 e. The highest BCUT2D eigenvalue weighted by Gasteiger charge is 2.01. The second-order valence-corrected chi connectivity index (χ2v) is 3.48. The van der Waals surface area contributed by atoms with Crippen LogP contribution >= 0.6 is 0 Å². The van der Waals surface area contributed by atoms with Gasteiger partial charge in [0.2, 0.25) is 0 Å². The van der Waals surface area contributed by atoms with Gasteiger partial charge in [-0.1, -0.05) is 24.1 Å². The second-order valence-electron chi connectivity index (χ2n) is 3.48. The summed E-state index contributed by atoms with van der Waals surface area (Å²) in [6.07, 6.45) is 8.93. The van der Waals surface area contributed by atoms with Crippen molar-refractivity contribution < 1.29 is 4.42 Å². The number of fused-ring (bicyclic) bond motifs is 1. The summed E-state index contributed by atoms with van der Waals surface area (Å²) >= 11 is 0. The maximum atomic E-state index is 5.68. The van der Waals surface area contributed by atoms with E-state index in [1.165, 1.54) is 5.56 Å². The predicted molar refractivity (Wildman–Crippen MR) is 63.6 cm³/mol. The molecule has 2 rings (SSSR count). The minimum absolute atomic E-state index is 0.764. The van der Waals surface area contributed by atoms with Crippen molar-refractivity contribution in [2.45, 2.75) is 13.8 Å². The van der Waals surface area contributed by atoms with Crippen LogP contribution in [0.1, 0.15) is 12.5 Å². The zero-order chi connectivity index (χ0) is 10.8. The van der Waals surface area contributed by atoms with E-state index in [-0.39, 0.29) is 0 Å². The van der Waals surface area contributed by atoms with E-state index < -0.39 is 0 Å². The first-order valence-corrected chi connectivity index (χ1v) is 4.88. The Bertz CT molecular complexity index is 651. The molecule has 0 saturated heterocycles. The van der Waals surface area contributed by atoms with E-state index in [2.05, 4.69) is 18.1 Å². The van der Waals surface area contributed by atoms with E-state index in [1.54, 1.807) is 6.08 Å². The molecule has 0 radical (unpaired) electrons. The fraction of sp³-hybridized carbons (Fsp3) is 0.143.